The molecule has 2 aromatic rings. The van der Waals surface area contributed by atoms with Crippen molar-refractivity contribution in [1.82, 2.24) is 15.5 Å². The van der Waals surface area contributed by atoms with Crippen molar-refractivity contribution in [3.63, 3.8) is 0 Å². The Hall–Kier alpha value is -2.64. The fraction of sp³-hybridized carbons (Fsp3) is 0.458. The zero-order valence-electron chi connectivity index (χ0n) is 18.3. The van der Waals surface area contributed by atoms with E-state index in [-0.39, 0.29) is 6.03 Å². The van der Waals surface area contributed by atoms with Crippen LogP contribution < -0.4 is 25.0 Å². The minimum absolute atomic E-state index is 0.137. The third-order valence-electron chi connectivity index (χ3n) is 5.79. The van der Waals surface area contributed by atoms with Crippen LogP contribution in [0.5, 0.6) is 11.5 Å². The van der Waals surface area contributed by atoms with Gasteiger partial charge in [0.15, 0.2) is 11.5 Å². The summed E-state index contributed by atoms with van der Waals surface area (Å²) in [7, 11) is 0. The van der Waals surface area contributed by atoms with Crippen molar-refractivity contribution in [3.05, 3.63) is 53.1 Å². The topological polar surface area (TPSA) is 66.1 Å². The van der Waals surface area contributed by atoms with Crippen LogP contribution in [-0.2, 0) is 6.42 Å². The first kappa shape index (κ1) is 22.6. The van der Waals surface area contributed by atoms with Gasteiger partial charge in [0, 0.05) is 45.0 Å². The number of fused-ring (bicyclic) bond motifs is 1. The fourth-order valence-electron chi connectivity index (χ4n) is 4.06. The van der Waals surface area contributed by atoms with Crippen molar-refractivity contribution in [2.45, 2.75) is 12.8 Å². The second-order valence-corrected chi connectivity index (χ2v) is 8.46. The number of halogens is 1. The zero-order chi connectivity index (χ0) is 22.2. The number of ether oxygens (including phenoxy) is 2. The molecule has 0 atom stereocenters. The normalized spacial score (nSPS) is 16.0. The van der Waals surface area contributed by atoms with E-state index >= 15 is 0 Å². The van der Waals surface area contributed by atoms with Crippen LogP contribution in [0.2, 0.25) is 5.02 Å². The largest absolute Gasteiger partial charge is 0.486 e. The smallest absolute Gasteiger partial charge is 0.314 e. The molecule has 2 heterocycles. The Morgan fingerprint density at radius 1 is 0.969 bits per heavy atom. The Morgan fingerprint density at radius 2 is 1.72 bits per heavy atom. The van der Waals surface area contributed by atoms with Crippen molar-refractivity contribution in [2.75, 3.05) is 63.9 Å². The highest BCUT2D eigenvalue weighted by atomic mass is 35.5. The highest BCUT2D eigenvalue weighted by Crippen LogP contribution is 2.38. The van der Waals surface area contributed by atoms with E-state index in [1.165, 1.54) is 5.69 Å². The Balaban J connectivity index is 1.08. The molecule has 0 aromatic heterocycles. The van der Waals surface area contributed by atoms with Crippen molar-refractivity contribution in [1.29, 1.82) is 0 Å². The number of nitrogens with one attached hydrogen (secondary N) is 2. The number of rotatable bonds is 8. The summed E-state index contributed by atoms with van der Waals surface area (Å²) in [5.41, 5.74) is 2.30. The predicted octanol–water partition coefficient (Wildman–Crippen LogP) is 3.17. The molecular weight excluding hydrogens is 428 g/mol. The van der Waals surface area contributed by atoms with E-state index in [4.69, 9.17) is 21.1 Å². The average molecular weight is 459 g/mol. The predicted molar refractivity (Wildman–Crippen MR) is 127 cm³/mol. The van der Waals surface area contributed by atoms with Gasteiger partial charge in [0.05, 0.1) is 5.02 Å². The van der Waals surface area contributed by atoms with Crippen molar-refractivity contribution >= 4 is 23.3 Å². The van der Waals surface area contributed by atoms with E-state index in [0.717, 1.165) is 44.7 Å². The fourth-order valence-corrected chi connectivity index (χ4v) is 4.35. The van der Waals surface area contributed by atoms with Gasteiger partial charge < -0.3 is 25.0 Å². The van der Waals surface area contributed by atoms with Crippen molar-refractivity contribution in [2.24, 2.45) is 0 Å². The molecule has 0 radical (unpaired) electrons. The molecule has 172 valence electrons. The van der Waals surface area contributed by atoms with Crippen LogP contribution in [0, 0.1) is 0 Å². The molecule has 0 aliphatic carbocycles. The maximum absolute atomic E-state index is 12.1. The van der Waals surface area contributed by atoms with Crippen LogP contribution in [0.1, 0.15) is 12.0 Å². The molecule has 2 aliphatic rings. The molecular formula is C24H31ClN4O3. The summed E-state index contributed by atoms with van der Waals surface area (Å²) in [6.07, 6.45) is 1.62. The van der Waals surface area contributed by atoms with Gasteiger partial charge in [0.1, 0.15) is 13.2 Å². The van der Waals surface area contributed by atoms with Crippen LogP contribution in [0.25, 0.3) is 0 Å². The first-order valence-corrected chi connectivity index (χ1v) is 11.7. The Labute approximate surface area is 194 Å². The minimum atomic E-state index is -0.137. The van der Waals surface area contributed by atoms with Gasteiger partial charge in [0.25, 0.3) is 0 Å². The molecule has 32 heavy (non-hydrogen) atoms. The standard InChI is InChI=1S/C24H31ClN4O3/c25-21-17-19(18-22-23(21)32-16-15-31-22)7-9-27-24(30)26-8-4-10-28-11-13-29(14-12-28)20-5-2-1-3-6-20/h1-3,5-6,17-18H,4,7-16H2,(H2,26,27,30). The zero-order valence-corrected chi connectivity index (χ0v) is 19.1. The first-order chi connectivity index (χ1) is 15.7. The molecule has 2 aromatic carbocycles. The minimum Gasteiger partial charge on any atom is -0.486 e. The quantitative estimate of drug-likeness (QED) is 0.595. The van der Waals surface area contributed by atoms with Crippen LogP contribution in [0.15, 0.2) is 42.5 Å². The number of benzene rings is 2. The lowest BCUT2D eigenvalue weighted by molar-refractivity contribution is 0.171. The lowest BCUT2D eigenvalue weighted by Gasteiger charge is -2.36. The maximum atomic E-state index is 12.1. The number of hydrogen-bond donors (Lipinski definition) is 2. The molecule has 1 saturated heterocycles. The molecule has 1 fully saturated rings. The number of piperazine rings is 1. The molecule has 4 rings (SSSR count). The molecule has 0 spiro atoms. The van der Waals surface area contributed by atoms with E-state index in [2.05, 4.69) is 50.8 Å². The molecule has 0 saturated carbocycles. The molecule has 2 N–H and O–H groups in total. The van der Waals surface area contributed by atoms with Crippen LogP contribution in [-0.4, -0.2) is 70.0 Å². The summed E-state index contributed by atoms with van der Waals surface area (Å²) < 4.78 is 11.1. The third-order valence-corrected chi connectivity index (χ3v) is 6.07. The second kappa shape index (κ2) is 11.3. The number of anilines is 1. The van der Waals surface area contributed by atoms with Crippen LogP contribution in [0.4, 0.5) is 10.5 Å². The van der Waals surface area contributed by atoms with Gasteiger partial charge in [-0.05, 0) is 49.2 Å². The summed E-state index contributed by atoms with van der Waals surface area (Å²) >= 11 is 6.27. The second-order valence-electron chi connectivity index (χ2n) is 8.05. The number of para-hydroxylation sites is 1. The SMILES string of the molecule is O=C(NCCCN1CCN(c2ccccc2)CC1)NCCc1cc(Cl)c2c(c1)OCCO2. The van der Waals surface area contributed by atoms with E-state index in [1.54, 1.807) is 0 Å². The maximum Gasteiger partial charge on any atom is 0.314 e. The van der Waals surface area contributed by atoms with E-state index in [9.17, 15) is 4.79 Å². The van der Waals surface area contributed by atoms with Gasteiger partial charge in [-0.3, -0.25) is 4.90 Å². The monoisotopic (exact) mass is 458 g/mol. The summed E-state index contributed by atoms with van der Waals surface area (Å²) in [5, 5.41) is 6.40. The Morgan fingerprint density at radius 3 is 2.53 bits per heavy atom. The van der Waals surface area contributed by atoms with Gasteiger partial charge in [-0.1, -0.05) is 29.8 Å². The van der Waals surface area contributed by atoms with Crippen molar-refractivity contribution in [3.8, 4) is 11.5 Å². The molecule has 0 unspecified atom stereocenters. The summed E-state index contributed by atoms with van der Waals surface area (Å²) in [6, 6.07) is 14.2. The van der Waals surface area contributed by atoms with E-state index < -0.39 is 0 Å². The van der Waals surface area contributed by atoms with E-state index in [1.807, 2.05) is 12.1 Å². The molecule has 7 nitrogen and oxygen atoms in total. The molecule has 2 aliphatic heterocycles. The van der Waals surface area contributed by atoms with Gasteiger partial charge in [-0.15, -0.1) is 0 Å². The lowest BCUT2D eigenvalue weighted by atomic mass is 10.1. The number of carbonyl (C=O) groups is 1. The van der Waals surface area contributed by atoms with Crippen molar-refractivity contribution < 1.29 is 14.3 Å². The summed E-state index contributed by atoms with van der Waals surface area (Å²) in [4.78, 5) is 17.0. The summed E-state index contributed by atoms with van der Waals surface area (Å²) in [5.74, 6) is 1.28. The third kappa shape index (κ3) is 6.20. The van der Waals surface area contributed by atoms with Gasteiger partial charge in [0.2, 0.25) is 0 Å². The number of urea groups is 1. The van der Waals surface area contributed by atoms with Gasteiger partial charge in [-0.2, -0.15) is 0 Å². The molecule has 0 bridgehead atoms. The van der Waals surface area contributed by atoms with Crippen LogP contribution in [0.3, 0.4) is 0 Å². The Kier molecular flexibility index (Phi) is 7.96. The summed E-state index contributed by atoms with van der Waals surface area (Å²) in [6.45, 7) is 7.43. The van der Waals surface area contributed by atoms with Crippen LogP contribution >= 0.6 is 11.6 Å². The van der Waals surface area contributed by atoms with E-state index in [0.29, 0.717) is 49.2 Å². The number of nitrogens with zero attached hydrogens (tertiary/aromatic N) is 2. The average Bonchev–Trinajstić information content (AvgIpc) is 2.83. The van der Waals surface area contributed by atoms with Gasteiger partial charge in [-0.25, -0.2) is 4.79 Å². The Bertz CT molecular complexity index is 888. The van der Waals surface area contributed by atoms with Gasteiger partial charge >= 0.3 is 6.03 Å². The number of carbonyl (C=O) groups excluding carboxylic acids is 1. The highest BCUT2D eigenvalue weighted by molar-refractivity contribution is 6.32. The molecule has 8 heteroatoms. The highest BCUT2D eigenvalue weighted by Gasteiger charge is 2.17. The number of hydrogen-bond acceptors (Lipinski definition) is 5. The lowest BCUT2D eigenvalue weighted by Crippen LogP contribution is -2.47. The first-order valence-electron chi connectivity index (χ1n) is 11.3. The number of amides is 2. The molecule has 2 amide bonds.